The van der Waals surface area contributed by atoms with Crippen LogP contribution in [0.25, 0.3) is 0 Å². The van der Waals surface area contributed by atoms with E-state index in [9.17, 15) is 4.79 Å². The third kappa shape index (κ3) is 5.18. The molecular formula is C23H25N5O. The molecule has 0 bridgehead atoms. The van der Waals surface area contributed by atoms with Crippen molar-refractivity contribution in [2.75, 3.05) is 31.1 Å². The van der Waals surface area contributed by atoms with Crippen molar-refractivity contribution in [1.82, 2.24) is 20.4 Å². The van der Waals surface area contributed by atoms with Crippen LogP contribution in [0.3, 0.4) is 0 Å². The molecule has 1 N–H and O–H groups in total. The SMILES string of the molecule is O=C(NCc1ccccc1)c1ccc(N2CCN(Cc3ccccc3)CC2)nn1. The Balaban J connectivity index is 1.27. The number of carbonyl (C=O) groups excluding carboxylic acids is 1. The van der Waals surface area contributed by atoms with Crippen LogP contribution >= 0.6 is 0 Å². The van der Waals surface area contributed by atoms with Crippen LogP contribution in [0.15, 0.2) is 72.8 Å². The molecule has 1 aromatic heterocycles. The fourth-order valence-corrected chi connectivity index (χ4v) is 3.46. The number of anilines is 1. The van der Waals surface area contributed by atoms with Gasteiger partial charge in [0.1, 0.15) is 0 Å². The van der Waals surface area contributed by atoms with E-state index in [0.29, 0.717) is 12.2 Å². The maximum absolute atomic E-state index is 12.3. The zero-order valence-corrected chi connectivity index (χ0v) is 16.4. The number of carbonyl (C=O) groups is 1. The summed E-state index contributed by atoms with van der Waals surface area (Å²) in [5, 5.41) is 11.3. The predicted molar refractivity (Wildman–Crippen MR) is 114 cm³/mol. The highest BCUT2D eigenvalue weighted by molar-refractivity contribution is 5.92. The summed E-state index contributed by atoms with van der Waals surface area (Å²) in [6.45, 7) is 5.22. The minimum absolute atomic E-state index is 0.208. The zero-order valence-electron chi connectivity index (χ0n) is 16.4. The number of aromatic nitrogens is 2. The summed E-state index contributed by atoms with van der Waals surface area (Å²) >= 11 is 0. The Kier molecular flexibility index (Phi) is 6.12. The molecular weight excluding hydrogens is 362 g/mol. The lowest BCUT2D eigenvalue weighted by Crippen LogP contribution is -2.46. The van der Waals surface area contributed by atoms with Gasteiger partial charge in [-0.2, -0.15) is 0 Å². The van der Waals surface area contributed by atoms with E-state index < -0.39 is 0 Å². The van der Waals surface area contributed by atoms with Gasteiger partial charge in [-0.15, -0.1) is 10.2 Å². The Bertz CT molecular complexity index is 907. The first-order chi connectivity index (χ1) is 14.3. The van der Waals surface area contributed by atoms with Gasteiger partial charge < -0.3 is 10.2 Å². The highest BCUT2D eigenvalue weighted by atomic mass is 16.1. The van der Waals surface area contributed by atoms with Gasteiger partial charge in [-0.25, -0.2) is 0 Å². The molecule has 6 heteroatoms. The molecule has 6 nitrogen and oxygen atoms in total. The van der Waals surface area contributed by atoms with Gasteiger partial charge in [-0.05, 0) is 23.3 Å². The molecule has 0 aliphatic carbocycles. The maximum Gasteiger partial charge on any atom is 0.272 e. The number of hydrogen-bond acceptors (Lipinski definition) is 5. The molecule has 0 unspecified atom stereocenters. The number of hydrogen-bond donors (Lipinski definition) is 1. The predicted octanol–water partition coefficient (Wildman–Crippen LogP) is 2.73. The van der Waals surface area contributed by atoms with Crippen molar-refractivity contribution < 1.29 is 4.79 Å². The van der Waals surface area contributed by atoms with Gasteiger partial charge in [0.25, 0.3) is 5.91 Å². The minimum Gasteiger partial charge on any atom is -0.353 e. The zero-order chi connectivity index (χ0) is 19.9. The lowest BCUT2D eigenvalue weighted by molar-refractivity contribution is 0.0945. The van der Waals surface area contributed by atoms with E-state index in [-0.39, 0.29) is 5.91 Å². The number of piperazine rings is 1. The van der Waals surface area contributed by atoms with Gasteiger partial charge in [0.15, 0.2) is 11.5 Å². The highest BCUT2D eigenvalue weighted by Crippen LogP contribution is 2.14. The summed E-state index contributed by atoms with van der Waals surface area (Å²) < 4.78 is 0. The minimum atomic E-state index is -0.208. The molecule has 148 valence electrons. The number of nitrogens with one attached hydrogen (secondary N) is 1. The molecule has 4 rings (SSSR count). The van der Waals surface area contributed by atoms with E-state index in [1.165, 1.54) is 5.56 Å². The Morgan fingerprint density at radius 3 is 2.07 bits per heavy atom. The Hall–Kier alpha value is -3.25. The topological polar surface area (TPSA) is 61.4 Å². The lowest BCUT2D eigenvalue weighted by Gasteiger charge is -2.35. The summed E-state index contributed by atoms with van der Waals surface area (Å²) in [7, 11) is 0. The summed E-state index contributed by atoms with van der Waals surface area (Å²) in [6, 6.07) is 24.0. The van der Waals surface area contributed by atoms with Gasteiger partial charge >= 0.3 is 0 Å². The molecule has 1 amide bonds. The molecule has 29 heavy (non-hydrogen) atoms. The van der Waals surface area contributed by atoms with Crippen LogP contribution in [0, 0.1) is 0 Å². The molecule has 3 aromatic rings. The summed E-state index contributed by atoms with van der Waals surface area (Å²) in [6.07, 6.45) is 0. The van der Waals surface area contributed by atoms with E-state index in [1.54, 1.807) is 6.07 Å². The summed E-state index contributed by atoms with van der Waals surface area (Å²) in [4.78, 5) is 17.0. The standard InChI is InChI=1S/C23H25N5O/c29-23(24-17-19-7-3-1-4-8-19)21-11-12-22(26-25-21)28-15-13-27(14-16-28)18-20-9-5-2-6-10-20/h1-12H,13-18H2,(H,24,29). The molecule has 1 aliphatic rings. The summed E-state index contributed by atoms with van der Waals surface area (Å²) in [5.74, 6) is 0.615. The van der Waals surface area contributed by atoms with Crippen LogP contribution in [-0.4, -0.2) is 47.2 Å². The number of rotatable bonds is 6. The van der Waals surface area contributed by atoms with Crippen LogP contribution in [0.4, 0.5) is 5.82 Å². The van der Waals surface area contributed by atoms with Crippen molar-refractivity contribution in [3.63, 3.8) is 0 Å². The Labute approximate surface area is 171 Å². The van der Waals surface area contributed by atoms with Crippen LogP contribution < -0.4 is 10.2 Å². The molecule has 0 spiro atoms. The lowest BCUT2D eigenvalue weighted by atomic mass is 10.2. The van der Waals surface area contributed by atoms with E-state index >= 15 is 0 Å². The normalized spacial score (nSPS) is 14.6. The second-order valence-corrected chi connectivity index (χ2v) is 7.19. The smallest absolute Gasteiger partial charge is 0.272 e. The first-order valence-electron chi connectivity index (χ1n) is 9.95. The Morgan fingerprint density at radius 2 is 1.45 bits per heavy atom. The molecule has 2 aromatic carbocycles. The number of benzene rings is 2. The number of amides is 1. The molecule has 2 heterocycles. The second kappa shape index (κ2) is 9.30. The van der Waals surface area contributed by atoms with E-state index in [4.69, 9.17) is 0 Å². The number of nitrogens with zero attached hydrogens (tertiary/aromatic N) is 4. The molecule has 0 radical (unpaired) electrons. The average molecular weight is 387 g/mol. The average Bonchev–Trinajstić information content (AvgIpc) is 2.79. The van der Waals surface area contributed by atoms with Crippen molar-refractivity contribution >= 4 is 11.7 Å². The second-order valence-electron chi connectivity index (χ2n) is 7.19. The fourth-order valence-electron chi connectivity index (χ4n) is 3.46. The van der Waals surface area contributed by atoms with Crippen molar-refractivity contribution in [2.24, 2.45) is 0 Å². The fraction of sp³-hybridized carbons (Fsp3) is 0.261. The molecule has 1 saturated heterocycles. The third-order valence-electron chi connectivity index (χ3n) is 5.12. The van der Waals surface area contributed by atoms with Crippen molar-refractivity contribution in [1.29, 1.82) is 0 Å². The van der Waals surface area contributed by atoms with Gasteiger partial charge in [0.2, 0.25) is 0 Å². The van der Waals surface area contributed by atoms with Gasteiger partial charge in [0.05, 0.1) is 0 Å². The molecule has 1 fully saturated rings. The van der Waals surface area contributed by atoms with Crippen LogP contribution in [0.5, 0.6) is 0 Å². The first-order valence-corrected chi connectivity index (χ1v) is 9.95. The van der Waals surface area contributed by atoms with Crippen LogP contribution in [-0.2, 0) is 13.1 Å². The van der Waals surface area contributed by atoms with E-state index in [0.717, 1.165) is 44.1 Å². The molecule has 1 aliphatic heterocycles. The highest BCUT2D eigenvalue weighted by Gasteiger charge is 2.19. The van der Waals surface area contributed by atoms with Crippen molar-refractivity contribution in [3.8, 4) is 0 Å². The van der Waals surface area contributed by atoms with Crippen LogP contribution in [0.2, 0.25) is 0 Å². The third-order valence-corrected chi connectivity index (χ3v) is 5.12. The van der Waals surface area contributed by atoms with Gasteiger partial charge in [0, 0.05) is 39.3 Å². The summed E-state index contributed by atoms with van der Waals surface area (Å²) in [5.41, 5.74) is 2.73. The maximum atomic E-state index is 12.3. The molecule has 0 saturated carbocycles. The largest absolute Gasteiger partial charge is 0.353 e. The van der Waals surface area contributed by atoms with Gasteiger partial charge in [-0.1, -0.05) is 60.7 Å². The van der Waals surface area contributed by atoms with Crippen molar-refractivity contribution in [2.45, 2.75) is 13.1 Å². The van der Waals surface area contributed by atoms with Gasteiger partial charge in [-0.3, -0.25) is 9.69 Å². The van der Waals surface area contributed by atoms with Crippen molar-refractivity contribution in [3.05, 3.63) is 89.6 Å². The van der Waals surface area contributed by atoms with E-state index in [1.807, 2.05) is 42.5 Å². The quantitative estimate of drug-likeness (QED) is 0.705. The Morgan fingerprint density at radius 1 is 0.793 bits per heavy atom. The van der Waals surface area contributed by atoms with Crippen LogP contribution in [0.1, 0.15) is 21.6 Å². The monoisotopic (exact) mass is 387 g/mol. The molecule has 0 atom stereocenters. The first kappa shape index (κ1) is 19.1. The van der Waals surface area contributed by atoms with E-state index in [2.05, 4.69) is 49.6 Å².